The Hall–Kier alpha value is -2.01. The van der Waals surface area contributed by atoms with Gasteiger partial charge in [0, 0.05) is 27.1 Å². The first-order chi connectivity index (χ1) is 10.2. The summed E-state index contributed by atoms with van der Waals surface area (Å²) in [5.74, 6) is 0.462. The van der Waals surface area contributed by atoms with Gasteiger partial charge in [-0.1, -0.05) is 0 Å². The first kappa shape index (κ1) is 13.9. The van der Waals surface area contributed by atoms with Crippen LogP contribution < -0.4 is 15.8 Å². The zero-order chi connectivity index (χ0) is 14.8. The molecule has 0 radical (unpaired) electrons. The molecule has 0 unspecified atom stereocenters. The van der Waals surface area contributed by atoms with Crippen LogP contribution in [-0.2, 0) is 19.4 Å². The van der Waals surface area contributed by atoms with E-state index >= 15 is 0 Å². The van der Waals surface area contributed by atoms with Gasteiger partial charge >= 0.3 is 0 Å². The van der Waals surface area contributed by atoms with Crippen molar-refractivity contribution in [3.05, 3.63) is 45.1 Å². The van der Waals surface area contributed by atoms with Gasteiger partial charge < -0.3 is 15.8 Å². The number of hydrogen-bond donors (Lipinski definition) is 2. The van der Waals surface area contributed by atoms with Crippen LogP contribution in [0.3, 0.4) is 0 Å². The SMILES string of the molecule is COc1cc(N)cc(C(=O)NCc2cc3c(s2)CCC3)c1. The number of anilines is 1. The average molecular weight is 302 g/mol. The highest BCUT2D eigenvalue weighted by Gasteiger charge is 2.15. The molecule has 1 aliphatic rings. The summed E-state index contributed by atoms with van der Waals surface area (Å²) in [7, 11) is 1.56. The number of benzene rings is 1. The maximum absolute atomic E-state index is 12.2. The minimum atomic E-state index is -0.130. The standard InChI is InChI=1S/C16H18N2O2S/c1-20-13-6-11(5-12(17)8-13)16(19)18-9-14-7-10-3-2-4-15(10)21-14/h5-8H,2-4,9,17H2,1H3,(H,18,19). The van der Waals surface area contributed by atoms with Crippen molar-refractivity contribution >= 4 is 22.9 Å². The van der Waals surface area contributed by atoms with Crippen molar-refractivity contribution in [3.8, 4) is 5.75 Å². The number of thiophene rings is 1. The highest BCUT2D eigenvalue weighted by atomic mass is 32.1. The summed E-state index contributed by atoms with van der Waals surface area (Å²) in [5, 5.41) is 2.94. The Bertz CT molecular complexity index is 657. The molecule has 0 aliphatic heterocycles. The number of nitrogen functional groups attached to an aromatic ring is 1. The monoisotopic (exact) mass is 302 g/mol. The quantitative estimate of drug-likeness (QED) is 0.854. The van der Waals surface area contributed by atoms with Gasteiger partial charge in [-0.25, -0.2) is 0 Å². The van der Waals surface area contributed by atoms with Crippen LogP contribution in [0.5, 0.6) is 5.75 Å². The molecule has 110 valence electrons. The van der Waals surface area contributed by atoms with Gasteiger partial charge in [-0.3, -0.25) is 4.79 Å². The molecule has 0 bridgehead atoms. The fourth-order valence-electron chi connectivity index (χ4n) is 2.62. The lowest BCUT2D eigenvalue weighted by atomic mass is 10.1. The number of rotatable bonds is 4. The number of nitrogens with two attached hydrogens (primary N) is 1. The molecule has 5 heteroatoms. The second-order valence-electron chi connectivity index (χ2n) is 5.19. The highest BCUT2D eigenvalue weighted by molar-refractivity contribution is 7.12. The third-order valence-corrected chi connectivity index (χ3v) is 4.88. The molecule has 0 fully saturated rings. The number of hydrogen-bond acceptors (Lipinski definition) is 4. The fraction of sp³-hybridized carbons (Fsp3) is 0.312. The maximum Gasteiger partial charge on any atom is 0.251 e. The predicted molar refractivity (Wildman–Crippen MR) is 84.9 cm³/mol. The van der Waals surface area contributed by atoms with Crippen LogP contribution >= 0.6 is 11.3 Å². The van der Waals surface area contributed by atoms with Crippen LogP contribution in [0.2, 0.25) is 0 Å². The van der Waals surface area contributed by atoms with Crippen molar-refractivity contribution in [2.24, 2.45) is 0 Å². The van der Waals surface area contributed by atoms with Gasteiger partial charge in [-0.2, -0.15) is 0 Å². The predicted octanol–water partition coefficient (Wildman–Crippen LogP) is 2.76. The van der Waals surface area contributed by atoms with Gasteiger partial charge in [-0.15, -0.1) is 11.3 Å². The summed E-state index contributed by atoms with van der Waals surface area (Å²) in [6.45, 7) is 0.563. The Balaban J connectivity index is 1.67. The van der Waals surface area contributed by atoms with Gasteiger partial charge in [0.1, 0.15) is 5.75 Å². The molecule has 1 aromatic heterocycles. The Kier molecular flexibility index (Phi) is 3.84. The molecule has 21 heavy (non-hydrogen) atoms. The molecule has 4 nitrogen and oxygen atoms in total. The number of nitrogens with one attached hydrogen (secondary N) is 1. The lowest BCUT2D eigenvalue weighted by Crippen LogP contribution is -2.22. The van der Waals surface area contributed by atoms with Crippen molar-refractivity contribution in [2.45, 2.75) is 25.8 Å². The Morgan fingerprint density at radius 1 is 1.33 bits per heavy atom. The maximum atomic E-state index is 12.2. The topological polar surface area (TPSA) is 64.3 Å². The van der Waals surface area contributed by atoms with Gasteiger partial charge in [0.15, 0.2) is 0 Å². The molecule has 0 spiro atoms. The number of carbonyl (C=O) groups is 1. The Morgan fingerprint density at radius 2 is 2.19 bits per heavy atom. The third kappa shape index (κ3) is 3.03. The molecule has 1 aromatic carbocycles. The second-order valence-corrected chi connectivity index (χ2v) is 6.41. The van der Waals surface area contributed by atoms with Crippen LogP contribution in [-0.4, -0.2) is 13.0 Å². The van der Waals surface area contributed by atoms with Crippen LogP contribution in [0, 0.1) is 0 Å². The first-order valence-corrected chi connectivity index (χ1v) is 7.80. The summed E-state index contributed by atoms with van der Waals surface area (Å²) >= 11 is 1.81. The van der Waals surface area contributed by atoms with Crippen LogP contribution in [0.4, 0.5) is 5.69 Å². The summed E-state index contributed by atoms with van der Waals surface area (Å²) in [4.78, 5) is 14.9. The van der Waals surface area contributed by atoms with Gasteiger partial charge in [-0.05, 0) is 43.0 Å². The van der Waals surface area contributed by atoms with Crippen molar-refractivity contribution in [2.75, 3.05) is 12.8 Å². The molecule has 3 N–H and O–H groups in total. The largest absolute Gasteiger partial charge is 0.497 e. The summed E-state index contributed by atoms with van der Waals surface area (Å²) < 4.78 is 5.13. The molecule has 0 atom stereocenters. The second kappa shape index (κ2) is 5.77. The lowest BCUT2D eigenvalue weighted by Gasteiger charge is -2.07. The minimum absolute atomic E-state index is 0.130. The third-order valence-electron chi connectivity index (χ3n) is 3.65. The van der Waals surface area contributed by atoms with E-state index in [1.807, 2.05) is 0 Å². The van der Waals surface area contributed by atoms with Crippen molar-refractivity contribution in [3.63, 3.8) is 0 Å². The van der Waals surface area contributed by atoms with Gasteiger partial charge in [0.05, 0.1) is 13.7 Å². The van der Waals surface area contributed by atoms with E-state index in [1.165, 1.54) is 34.6 Å². The van der Waals surface area contributed by atoms with Crippen LogP contribution in [0.1, 0.15) is 32.1 Å². The van der Waals surface area contributed by atoms with Crippen molar-refractivity contribution < 1.29 is 9.53 Å². The smallest absolute Gasteiger partial charge is 0.251 e. The molecular formula is C16H18N2O2S. The first-order valence-electron chi connectivity index (χ1n) is 6.99. The summed E-state index contributed by atoms with van der Waals surface area (Å²) in [6, 6.07) is 7.26. The van der Waals surface area contributed by atoms with Crippen molar-refractivity contribution in [1.29, 1.82) is 0 Å². The van der Waals surface area contributed by atoms with Gasteiger partial charge in [0.2, 0.25) is 0 Å². The van der Waals surface area contributed by atoms with E-state index < -0.39 is 0 Å². The molecule has 1 aliphatic carbocycles. The van der Waals surface area contributed by atoms with E-state index in [0.29, 0.717) is 23.5 Å². The van der Waals surface area contributed by atoms with Crippen LogP contribution in [0.25, 0.3) is 0 Å². The Labute approximate surface area is 127 Å². The number of fused-ring (bicyclic) bond motifs is 1. The number of ether oxygens (including phenoxy) is 1. The van der Waals surface area contributed by atoms with E-state index in [1.54, 1.807) is 36.6 Å². The number of amides is 1. The zero-order valence-electron chi connectivity index (χ0n) is 11.9. The van der Waals surface area contributed by atoms with E-state index in [2.05, 4.69) is 11.4 Å². The van der Waals surface area contributed by atoms with E-state index in [0.717, 1.165) is 0 Å². The molecule has 1 amide bonds. The van der Waals surface area contributed by atoms with E-state index in [4.69, 9.17) is 10.5 Å². The number of carbonyl (C=O) groups excluding carboxylic acids is 1. The fourth-order valence-corrected chi connectivity index (χ4v) is 3.82. The average Bonchev–Trinajstić information content (AvgIpc) is 3.05. The number of methoxy groups -OCH3 is 1. The highest BCUT2D eigenvalue weighted by Crippen LogP contribution is 2.30. The van der Waals surface area contributed by atoms with Gasteiger partial charge in [0.25, 0.3) is 5.91 Å². The van der Waals surface area contributed by atoms with E-state index in [-0.39, 0.29) is 5.91 Å². The minimum Gasteiger partial charge on any atom is -0.497 e. The van der Waals surface area contributed by atoms with E-state index in [9.17, 15) is 4.79 Å². The molecule has 3 rings (SSSR count). The number of aryl methyl sites for hydroxylation is 2. The molecule has 1 heterocycles. The zero-order valence-corrected chi connectivity index (χ0v) is 12.8. The normalized spacial score (nSPS) is 13.0. The molecular weight excluding hydrogens is 284 g/mol. The summed E-state index contributed by atoms with van der Waals surface area (Å²) in [5.41, 5.74) is 8.27. The Morgan fingerprint density at radius 3 is 2.95 bits per heavy atom. The molecule has 0 saturated carbocycles. The summed E-state index contributed by atoms with van der Waals surface area (Å²) in [6.07, 6.45) is 3.61. The van der Waals surface area contributed by atoms with Crippen molar-refractivity contribution in [1.82, 2.24) is 5.32 Å². The lowest BCUT2D eigenvalue weighted by molar-refractivity contribution is 0.0951. The molecule has 2 aromatic rings. The van der Waals surface area contributed by atoms with Crippen LogP contribution in [0.15, 0.2) is 24.3 Å². The molecule has 0 saturated heterocycles.